The standard InChI is InChI=1S/C24H27F3N2O3S/c1-23(2,31)9-10-32-20-18(13-15-5-4-6-16(11-15)24(25,26)27)33-21-17(12-14-7-8-14)28-29(3)22(30)19(20)21/h4-6,11,14,31H,7-10,12-13H2,1-3H3. The number of hydrogen-bond acceptors (Lipinski definition) is 5. The first-order valence-corrected chi connectivity index (χ1v) is 11.8. The number of fused-ring (bicyclic) bond motifs is 1. The molecule has 1 aliphatic rings. The molecule has 1 aromatic carbocycles. The highest BCUT2D eigenvalue weighted by molar-refractivity contribution is 7.19. The Hall–Kier alpha value is -2.39. The van der Waals surface area contributed by atoms with Crippen LogP contribution in [0.3, 0.4) is 0 Å². The summed E-state index contributed by atoms with van der Waals surface area (Å²) >= 11 is 1.36. The fourth-order valence-corrected chi connectivity index (χ4v) is 5.00. The van der Waals surface area contributed by atoms with Gasteiger partial charge < -0.3 is 9.84 Å². The number of thiophene rings is 1. The van der Waals surface area contributed by atoms with Crippen molar-refractivity contribution >= 4 is 21.4 Å². The van der Waals surface area contributed by atoms with Crippen molar-refractivity contribution in [3.63, 3.8) is 0 Å². The molecule has 2 aromatic heterocycles. The van der Waals surface area contributed by atoms with Gasteiger partial charge in [0.2, 0.25) is 0 Å². The van der Waals surface area contributed by atoms with Crippen molar-refractivity contribution in [2.45, 2.75) is 57.7 Å². The van der Waals surface area contributed by atoms with Crippen LogP contribution in [-0.4, -0.2) is 27.1 Å². The van der Waals surface area contributed by atoms with Gasteiger partial charge in [0, 0.05) is 19.9 Å². The van der Waals surface area contributed by atoms with Gasteiger partial charge in [-0.05, 0) is 50.7 Å². The topological polar surface area (TPSA) is 64.3 Å². The molecule has 4 rings (SSSR count). The average molecular weight is 481 g/mol. The van der Waals surface area contributed by atoms with E-state index >= 15 is 0 Å². The van der Waals surface area contributed by atoms with Gasteiger partial charge in [0.05, 0.1) is 33.0 Å². The number of nitrogens with zero attached hydrogens (tertiary/aromatic N) is 2. The number of alkyl halides is 3. The van der Waals surface area contributed by atoms with E-state index in [0.717, 1.165) is 41.8 Å². The SMILES string of the molecule is Cn1nc(CC2CC2)c2sc(Cc3cccc(C(F)(F)F)c3)c(OCCC(C)(C)O)c2c1=O. The number of aliphatic hydroxyl groups is 1. The number of rotatable bonds is 8. The number of ether oxygens (including phenoxy) is 1. The minimum absolute atomic E-state index is 0.175. The van der Waals surface area contributed by atoms with Crippen LogP contribution < -0.4 is 10.3 Å². The van der Waals surface area contributed by atoms with Crippen molar-refractivity contribution in [2.75, 3.05) is 6.61 Å². The van der Waals surface area contributed by atoms with Crippen molar-refractivity contribution < 1.29 is 23.0 Å². The van der Waals surface area contributed by atoms with Gasteiger partial charge in [-0.2, -0.15) is 18.3 Å². The zero-order valence-corrected chi connectivity index (χ0v) is 19.6. The molecule has 1 aliphatic carbocycles. The second-order valence-electron chi connectivity index (χ2n) is 9.37. The van der Waals surface area contributed by atoms with Gasteiger partial charge in [-0.15, -0.1) is 11.3 Å². The van der Waals surface area contributed by atoms with Crippen LogP contribution in [0.2, 0.25) is 0 Å². The molecule has 0 unspecified atom stereocenters. The minimum atomic E-state index is -4.43. The molecule has 9 heteroatoms. The molecule has 1 saturated carbocycles. The van der Waals surface area contributed by atoms with Gasteiger partial charge in [-0.25, -0.2) is 4.68 Å². The largest absolute Gasteiger partial charge is 0.491 e. The highest BCUT2D eigenvalue weighted by Crippen LogP contribution is 2.41. The predicted octanol–water partition coefficient (Wildman–Crippen LogP) is 5.10. The van der Waals surface area contributed by atoms with Crippen molar-refractivity contribution in [3.05, 3.63) is 56.3 Å². The summed E-state index contributed by atoms with van der Waals surface area (Å²) in [6.07, 6.45) is -0.871. The number of benzene rings is 1. The van der Waals surface area contributed by atoms with Crippen molar-refractivity contribution in [2.24, 2.45) is 13.0 Å². The number of aryl methyl sites for hydroxylation is 1. The number of aromatic nitrogens is 2. The van der Waals surface area contributed by atoms with E-state index in [4.69, 9.17) is 4.74 Å². The van der Waals surface area contributed by atoms with E-state index in [1.54, 1.807) is 27.0 Å². The third kappa shape index (κ3) is 5.58. The van der Waals surface area contributed by atoms with Crippen LogP contribution in [0.4, 0.5) is 13.2 Å². The third-order valence-electron chi connectivity index (χ3n) is 5.73. The van der Waals surface area contributed by atoms with Gasteiger partial charge in [-0.1, -0.05) is 18.2 Å². The van der Waals surface area contributed by atoms with Crippen LogP contribution in [0.5, 0.6) is 5.75 Å². The second kappa shape index (κ2) is 8.76. The minimum Gasteiger partial charge on any atom is -0.491 e. The molecule has 33 heavy (non-hydrogen) atoms. The van der Waals surface area contributed by atoms with E-state index in [1.807, 2.05) is 0 Å². The molecule has 1 N–H and O–H groups in total. The highest BCUT2D eigenvalue weighted by atomic mass is 32.1. The summed E-state index contributed by atoms with van der Waals surface area (Å²) in [5.74, 6) is 0.934. The Morgan fingerprint density at radius 3 is 2.64 bits per heavy atom. The molecule has 1 fully saturated rings. The lowest BCUT2D eigenvalue weighted by Crippen LogP contribution is -2.23. The Morgan fingerprint density at radius 2 is 2.00 bits per heavy atom. The molecule has 3 aromatic rings. The zero-order chi connectivity index (χ0) is 24.0. The van der Waals surface area contributed by atoms with Crippen molar-refractivity contribution in [1.29, 1.82) is 0 Å². The first kappa shape index (κ1) is 23.8. The molecule has 0 spiro atoms. The maximum absolute atomic E-state index is 13.2. The molecule has 0 saturated heterocycles. The van der Waals surface area contributed by atoms with E-state index in [-0.39, 0.29) is 18.6 Å². The van der Waals surface area contributed by atoms with Crippen LogP contribution in [0.1, 0.15) is 54.8 Å². The summed E-state index contributed by atoms with van der Waals surface area (Å²) in [7, 11) is 1.60. The Balaban J connectivity index is 1.79. The molecule has 2 heterocycles. The zero-order valence-electron chi connectivity index (χ0n) is 18.8. The number of hydrogen-bond donors (Lipinski definition) is 1. The summed E-state index contributed by atoms with van der Waals surface area (Å²) < 4.78 is 47.7. The maximum atomic E-state index is 13.2. The predicted molar refractivity (Wildman–Crippen MR) is 122 cm³/mol. The fraction of sp³-hybridized carbons (Fsp3) is 0.500. The molecule has 0 aliphatic heterocycles. The molecular formula is C24H27F3N2O3S. The van der Waals surface area contributed by atoms with Crippen LogP contribution >= 0.6 is 11.3 Å². The van der Waals surface area contributed by atoms with Gasteiger partial charge in [0.15, 0.2) is 0 Å². The fourth-order valence-electron chi connectivity index (χ4n) is 3.74. The lowest BCUT2D eigenvalue weighted by atomic mass is 10.1. The summed E-state index contributed by atoms with van der Waals surface area (Å²) in [6, 6.07) is 5.20. The van der Waals surface area contributed by atoms with Crippen LogP contribution in [0.25, 0.3) is 10.1 Å². The first-order valence-electron chi connectivity index (χ1n) is 11.0. The summed E-state index contributed by atoms with van der Waals surface area (Å²) in [6.45, 7) is 3.51. The molecule has 0 atom stereocenters. The molecule has 0 bridgehead atoms. The molecular weight excluding hydrogens is 453 g/mol. The Kier molecular flexibility index (Phi) is 6.30. The Labute approximate surface area is 193 Å². The third-order valence-corrected chi connectivity index (χ3v) is 6.95. The van der Waals surface area contributed by atoms with Crippen LogP contribution in [-0.2, 0) is 26.1 Å². The van der Waals surface area contributed by atoms with E-state index in [0.29, 0.717) is 33.9 Å². The van der Waals surface area contributed by atoms with Gasteiger partial charge in [0.1, 0.15) is 11.1 Å². The summed E-state index contributed by atoms with van der Waals surface area (Å²) in [4.78, 5) is 13.7. The van der Waals surface area contributed by atoms with Crippen molar-refractivity contribution in [3.8, 4) is 5.75 Å². The average Bonchev–Trinajstić information content (AvgIpc) is 3.45. The maximum Gasteiger partial charge on any atom is 0.416 e. The van der Waals surface area contributed by atoms with E-state index in [1.165, 1.54) is 22.1 Å². The van der Waals surface area contributed by atoms with Gasteiger partial charge in [0.25, 0.3) is 5.56 Å². The van der Waals surface area contributed by atoms with E-state index in [9.17, 15) is 23.1 Å². The van der Waals surface area contributed by atoms with E-state index in [2.05, 4.69) is 5.10 Å². The first-order chi connectivity index (χ1) is 15.4. The highest BCUT2D eigenvalue weighted by Gasteiger charge is 2.31. The van der Waals surface area contributed by atoms with E-state index < -0.39 is 17.3 Å². The second-order valence-corrected chi connectivity index (χ2v) is 10.5. The molecule has 178 valence electrons. The quantitative estimate of drug-likeness (QED) is 0.487. The smallest absolute Gasteiger partial charge is 0.416 e. The molecule has 0 amide bonds. The molecule has 5 nitrogen and oxygen atoms in total. The Bertz CT molecular complexity index is 1220. The Morgan fingerprint density at radius 1 is 1.27 bits per heavy atom. The van der Waals surface area contributed by atoms with Crippen LogP contribution in [0.15, 0.2) is 29.1 Å². The van der Waals surface area contributed by atoms with Crippen LogP contribution in [0, 0.1) is 5.92 Å². The summed E-state index contributed by atoms with van der Waals surface area (Å²) in [5, 5.41) is 15.0. The normalized spacial score (nSPS) is 14.8. The summed E-state index contributed by atoms with van der Waals surface area (Å²) in [5.41, 5.74) is -0.650. The van der Waals surface area contributed by atoms with Crippen molar-refractivity contribution in [1.82, 2.24) is 9.78 Å². The lowest BCUT2D eigenvalue weighted by molar-refractivity contribution is -0.137. The van der Waals surface area contributed by atoms with Gasteiger partial charge in [-0.3, -0.25) is 4.79 Å². The number of halogens is 3. The lowest BCUT2D eigenvalue weighted by Gasteiger charge is -2.17. The van der Waals surface area contributed by atoms with Gasteiger partial charge >= 0.3 is 6.18 Å². The monoisotopic (exact) mass is 480 g/mol. The molecule has 0 radical (unpaired) electrons.